The van der Waals surface area contributed by atoms with Crippen molar-refractivity contribution in [2.24, 2.45) is 0 Å². The Hall–Kier alpha value is -2.06. The number of thiazole rings is 1. The maximum absolute atomic E-state index is 11.6. The van der Waals surface area contributed by atoms with Gasteiger partial charge in [-0.1, -0.05) is 12.1 Å². The van der Waals surface area contributed by atoms with Crippen LogP contribution < -0.4 is 15.0 Å². The van der Waals surface area contributed by atoms with Crippen LogP contribution in [0.5, 0.6) is 5.75 Å². The number of anilines is 1. The molecule has 0 aliphatic carbocycles. The molecule has 6 nitrogen and oxygen atoms in total. The number of likely N-dealkylation sites (N-methyl/N-ethyl adjacent to an activating group) is 1. The molecule has 126 valence electrons. The van der Waals surface area contributed by atoms with E-state index in [9.17, 15) is 9.59 Å². The normalized spacial score (nSPS) is 17.0. The molecule has 8 heteroatoms. The standard InChI is InChI=1S/C16H17N3O3S2/c1-19(15-17-6-9-23-15)7-8-22-12-4-2-11(3-5-12)10-13-14(20)24-16(21)18-13/h2-6,9,13H,7-8,10H2,1H3,(H,18,21). The van der Waals surface area contributed by atoms with Gasteiger partial charge < -0.3 is 15.0 Å². The van der Waals surface area contributed by atoms with Crippen LogP contribution >= 0.6 is 23.1 Å². The maximum Gasteiger partial charge on any atom is 0.287 e. The average molecular weight is 363 g/mol. The van der Waals surface area contributed by atoms with Crippen LogP contribution in [0.4, 0.5) is 9.93 Å². The summed E-state index contributed by atoms with van der Waals surface area (Å²) in [5.74, 6) is 0.780. The lowest BCUT2D eigenvalue weighted by Gasteiger charge is -2.16. The fourth-order valence-electron chi connectivity index (χ4n) is 2.29. The van der Waals surface area contributed by atoms with E-state index in [2.05, 4.69) is 10.3 Å². The molecule has 1 aliphatic heterocycles. The van der Waals surface area contributed by atoms with E-state index in [1.54, 1.807) is 17.5 Å². The van der Waals surface area contributed by atoms with E-state index in [0.717, 1.165) is 34.8 Å². The lowest BCUT2D eigenvalue weighted by molar-refractivity contribution is -0.112. The first-order chi connectivity index (χ1) is 11.6. The molecule has 1 fully saturated rings. The molecule has 1 unspecified atom stereocenters. The minimum Gasteiger partial charge on any atom is -0.492 e. The summed E-state index contributed by atoms with van der Waals surface area (Å²) in [5, 5.41) is 5.18. The van der Waals surface area contributed by atoms with Crippen molar-refractivity contribution < 1.29 is 14.3 Å². The lowest BCUT2D eigenvalue weighted by atomic mass is 10.1. The van der Waals surface area contributed by atoms with Gasteiger partial charge in [-0.05, 0) is 17.7 Å². The van der Waals surface area contributed by atoms with Crippen molar-refractivity contribution >= 4 is 38.6 Å². The summed E-state index contributed by atoms with van der Waals surface area (Å²) in [6.07, 6.45) is 2.29. The Morgan fingerprint density at radius 1 is 1.29 bits per heavy atom. The van der Waals surface area contributed by atoms with E-state index in [1.807, 2.05) is 41.6 Å². The molecule has 2 heterocycles. The number of hydrogen-bond acceptors (Lipinski definition) is 7. The highest BCUT2D eigenvalue weighted by Crippen LogP contribution is 2.20. The van der Waals surface area contributed by atoms with Gasteiger partial charge in [-0.3, -0.25) is 9.59 Å². The third-order valence-corrected chi connectivity index (χ3v) is 5.25. The summed E-state index contributed by atoms with van der Waals surface area (Å²) in [6, 6.07) is 7.17. The van der Waals surface area contributed by atoms with Crippen molar-refractivity contribution in [1.82, 2.24) is 10.3 Å². The smallest absolute Gasteiger partial charge is 0.287 e. The molecule has 1 amide bonds. The van der Waals surface area contributed by atoms with Gasteiger partial charge in [0.15, 0.2) is 5.13 Å². The first-order valence-corrected chi connectivity index (χ1v) is 9.16. The Labute approximate surface area is 148 Å². The second kappa shape index (κ2) is 7.67. The number of nitrogens with zero attached hydrogens (tertiary/aromatic N) is 2. The summed E-state index contributed by atoms with van der Waals surface area (Å²) >= 11 is 2.34. The van der Waals surface area contributed by atoms with Gasteiger partial charge in [-0.25, -0.2) is 4.98 Å². The monoisotopic (exact) mass is 363 g/mol. The number of carbonyl (C=O) groups is 2. The second-order valence-corrected chi connectivity index (χ2v) is 7.19. The minimum atomic E-state index is -0.429. The third kappa shape index (κ3) is 4.27. The van der Waals surface area contributed by atoms with Crippen LogP contribution in [-0.4, -0.2) is 41.6 Å². The lowest BCUT2D eigenvalue weighted by Crippen LogP contribution is -2.30. The topological polar surface area (TPSA) is 71.5 Å². The highest BCUT2D eigenvalue weighted by atomic mass is 32.2. The highest BCUT2D eigenvalue weighted by Gasteiger charge is 2.31. The van der Waals surface area contributed by atoms with Crippen LogP contribution in [-0.2, 0) is 11.2 Å². The van der Waals surface area contributed by atoms with Crippen molar-refractivity contribution in [2.45, 2.75) is 12.5 Å². The van der Waals surface area contributed by atoms with Crippen LogP contribution in [0, 0.1) is 0 Å². The van der Waals surface area contributed by atoms with Gasteiger partial charge in [0.05, 0.1) is 6.54 Å². The van der Waals surface area contributed by atoms with Gasteiger partial charge in [-0.2, -0.15) is 0 Å². The van der Waals surface area contributed by atoms with Crippen molar-refractivity contribution in [3.05, 3.63) is 41.4 Å². The number of amides is 1. The van der Waals surface area contributed by atoms with Gasteiger partial charge in [-0.15, -0.1) is 11.3 Å². The number of ether oxygens (including phenoxy) is 1. The zero-order chi connectivity index (χ0) is 16.9. The predicted molar refractivity (Wildman–Crippen MR) is 95.9 cm³/mol. The first kappa shape index (κ1) is 16.8. The molecule has 1 aliphatic rings. The quantitative estimate of drug-likeness (QED) is 0.815. The Balaban J connectivity index is 1.46. The Bertz CT molecular complexity index is 704. The summed E-state index contributed by atoms with van der Waals surface area (Å²) < 4.78 is 5.73. The molecule has 1 aromatic carbocycles. The zero-order valence-corrected chi connectivity index (χ0v) is 14.7. The molecule has 0 spiro atoms. The van der Waals surface area contributed by atoms with Gasteiger partial charge in [0.2, 0.25) is 5.12 Å². The predicted octanol–water partition coefficient (Wildman–Crippen LogP) is 2.55. The molecule has 3 rings (SSSR count). The fraction of sp³-hybridized carbons (Fsp3) is 0.312. The summed E-state index contributed by atoms with van der Waals surface area (Å²) in [6.45, 7) is 1.30. The number of thioether (sulfide) groups is 1. The number of nitrogens with one attached hydrogen (secondary N) is 1. The van der Waals surface area contributed by atoms with E-state index < -0.39 is 6.04 Å². The summed E-state index contributed by atoms with van der Waals surface area (Å²) in [5.41, 5.74) is 0.989. The van der Waals surface area contributed by atoms with E-state index in [4.69, 9.17) is 4.74 Å². The largest absolute Gasteiger partial charge is 0.492 e. The molecule has 24 heavy (non-hydrogen) atoms. The maximum atomic E-state index is 11.6. The minimum absolute atomic E-state index is 0.120. The summed E-state index contributed by atoms with van der Waals surface area (Å²) in [7, 11) is 1.98. The van der Waals surface area contributed by atoms with E-state index >= 15 is 0 Å². The SMILES string of the molecule is CN(CCOc1ccc(CC2NC(=O)SC2=O)cc1)c1nccs1. The molecule has 1 atom stereocenters. The van der Waals surface area contributed by atoms with Crippen LogP contribution in [0.3, 0.4) is 0 Å². The molecular weight excluding hydrogens is 346 g/mol. The zero-order valence-electron chi connectivity index (χ0n) is 13.1. The Morgan fingerprint density at radius 2 is 2.08 bits per heavy atom. The molecule has 0 saturated carbocycles. The van der Waals surface area contributed by atoms with E-state index in [0.29, 0.717) is 13.0 Å². The van der Waals surface area contributed by atoms with Gasteiger partial charge in [0, 0.05) is 36.8 Å². The van der Waals surface area contributed by atoms with Crippen LogP contribution in [0.15, 0.2) is 35.8 Å². The number of carbonyl (C=O) groups excluding carboxylic acids is 2. The Kier molecular flexibility index (Phi) is 5.37. The highest BCUT2D eigenvalue weighted by molar-refractivity contribution is 8.26. The first-order valence-electron chi connectivity index (χ1n) is 7.46. The number of aromatic nitrogens is 1. The average Bonchev–Trinajstić information content (AvgIpc) is 3.19. The molecule has 2 aromatic rings. The van der Waals surface area contributed by atoms with Crippen molar-refractivity contribution in [3.63, 3.8) is 0 Å². The molecule has 1 N–H and O–H groups in total. The molecule has 0 bridgehead atoms. The van der Waals surface area contributed by atoms with Crippen molar-refractivity contribution in [3.8, 4) is 5.75 Å². The van der Waals surface area contributed by atoms with Gasteiger partial charge >= 0.3 is 0 Å². The molecule has 0 radical (unpaired) electrons. The molecule has 1 aromatic heterocycles. The van der Waals surface area contributed by atoms with Crippen LogP contribution in [0.2, 0.25) is 0 Å². The number of benzene rings is 1. The van der Waals surface area contributed by atoms with Crippen molar-refractivity contribution in [2.75, 3.05) is 25.1 Å². The summed E-state index contributed by atoms with van der Waals surface area (Å²) in [4.78, 5) is 29.1. The van der Waals surface area contributed by atoms with E-state index in [1.165, 1.54) is 0 Å². The van der Waals surface area contributed by atoms with Gasteiger partial charge in [0.25, 0.3) is 5.24 Å². The third-order valence-electron chi connectivity index (χ3n) is 3.57. The number of hydrogen-bond donors (Lipinski definition) is 1. The number of rotatable bonds is 7. The van der Waals surface area contributed by atoms with Crippen LogP contribution in [0.1, 0.15) is 5.56 Å². The Morgan fingerprint density at radius 3 is 2.71 bits per heavy atom. The second-order valence-electron chi connectivity index (χ2n) is 5.34. The van der Waals surface area contributed by atoms with Crippen molar-refractivity contribution in [1.29, 1.82) is 0 Å². The van der Waals surface area contributed by atoms with E-state index in [-0.39, 0.29) is 10.4 Å². The van der Waals surface area contributed by atoms with Crippen LogP contribution in [0.25, 0.3) is 0 Å². The fourth-order valence-corrected chi connectivity index (χ4v) is 3.59. The molecular formula is C16H17N3O3S2. The van der Waals surface area contributed by atoms with Gasteiger partial charge in [0.1, 0.15) is 18.4 Å². The molecule has 1 saturated heterocycles.